The number of rotatable bonds is 4. The first-order valence-corrected chi connectivity index (χ1v) is 4.90. The van der Waals surface area contributed by atoms with Gasteiger partial charge < -0.3 is 20.3 Å². The highest BCUT2D eigenvalue weighted by atomic mass is 16.5. The lowest BCUT2D eigenvalue weighted by Crippen LogP contribution is -2.39. The third-order valence-electron chi connectivity index (χ3n) is 2.42. The Hall–Kier alpha value is -0.810. The predicted octanol–water partition coefficient (Wildman–Crippen LogP) is 0.432. The van der Waals surface area contributed by atoms with E-state index >= 15 is 0 Å². The van der Waals surface area contributed by atoms with Crippen molar-refractivity contribution in [3.63, 3.8) is 0 Å². The van der Waals surface area contributed by atoms with Crippen molar-refractivity contribution in [3.8, 4) is 0 Å². The van der Waals surface area contributed by atoms with Gasteiger partial charge in [0.1, 0.15) is 0 Å². The van der Waals surface area contributed by atoms with Gasteiger partial charge in [-0.25, -0.2) is 4.79 Å². The summed E-state index contributed by atoms with van der Waals surface area (Å²) in [5, 5.41) is 19.7. The normalized spacial score (nSPS) is 24.2. The molecule has 0 aromatic heterocycles. The lowest BCUT2D eigenvalue weighted by atomic mass is 9.95. The Morgan fingerprint density at radius 2 is 2.43 bits per heavy atom. The maximum Gasteiger partial charge on any atom is 0.404 e. The van der Waals surface area contributed by atoms with E-state index in [1.54, 1.807) is 0 Å². The molecular weight excluding hydrogens is 186 g/mol. The quantitative estimate of drug-likeness (QED) is 0.619. The number of amides is 1. The highest BCUT2D eigenvalue weighted by Crippen LogP contribution is 2.18. The van der Waals surface area contributed by atoms with E-state index in [9.17, 15) is 4.79 Å². The van der Waals surface area contributed by atoms with E-state index in [1.165, 1.54) is 0 Å². The summed E-state index contributed by atoms with van der Waals surface area (Å²) >= 11 is 0. The van der Waals surface area contributed by atoms with Crippen LogP contribution in [0, 0.1) is 5.92 Å². The average Bonchev–Trinajstić information content (AvgIpc) is 2.17. The van der Waals surface area contributed by atoms with Crippen molar-refractivity contribution in [2.75, 3.05) is 19.8 Å². The molecule has 1 aliphatic rings. The maximum absolute atomic E-state index is 10.4. The number of aliphatic hydroxyl groups is 1. The Labute approximate surface area is 83.1 Å². The van der Waals surface area contributed by atoms with E-state index in [0.29, 0.717) is 18.9 Å². The van der Waals surface area contributed by atoms with Gasteiger partial charge in [-0.05, 0) is 25.2 Å². The van der Waals surface area contributed by atoms with Crippen molar-refractivity contribution in [1.29, 1.82) is 0 Å². The molecule has 0 radical (unpaired) electrons. The van der Waals surface area contributed by atoms with Crippen LogP contribution in [0.25, 0.3) is 0 Å². The van der Waals surface area contributed by atoms with Crippen LogP contribution >= 0.6 is 0 Å². The molecule has 0 aliphatic carbocycles. The SMILES string of the molecule is O=C(O)NC(CO)CC1CCCOC1. The summed E-state index contributed by atoms with van der Waals surface area (Å²) in [6.45, 7) is 1.33. The second kappa shape index (κ2) is 5.82. The van der Waals surface area contributed by atoms with E-state index in [2.05, 4.69) is 5.32 Å². The zero-order chi connectivity index (χ0) is 10.4. The van der Waals surface area contributed by atoms with Gasteiger partial charge in [-0.2, -0.15) is 0 Å². The monoisotopic (exact) mass is 203 g/mol. The van der Waals surface area contributed by atoms with Gasteiger partial charge in [-0.3, -0.25) is 0 Å². The summed E-state index contributed by atoms with van der Waals surface area (Å²) in [6, 6.07) is -0.362. The minimum atomic E-state index is -1.08. The molecule has 1 rings (SSSR count). The molecule has 1 amide bonds. The molecule has 0 spiro atoms. The highest BCUT2D eigenvalue weighted by Gasteiger charge is 2.19. The lowest BCUT2D eigenvalue weighted by molar-refractivity contribution is 0.0441. The van der Waals surface area contributed by atoms with Crippen molar-refractivity contribution >= 4 is 6.09 Å². The van der Waals surface area contributed by atoms with E-state index < -0.39 is 6.09 Å². The first-order valence-electron chi connectivity index (χ1n) is 4.90. The number of carbonyl (C=O) groups is 1. The van der Waals surface area contributed by atoms with Crippen molar-refractivity contribution in [3.05, 3.63) is 0 Å². The molecule has 14 heavy (non-hydrogen) atoms. The van der Waals surface area contributed by atoms with Crippen LogP contribution in [0.5, 0.6) is 0 Å². The zero-order valence-corrected chi connectivity index (χ0v) is 8.11. The van der Waals surface area contributed by atoms with Crippen LogP contribution in [-0.2, 0) is 4.74 Å². The van der Waals surface area contributed by atoms with Crippen molar-refractivity contribution in [2.45, 2.75) is 25.3 Å². The summed E-state index contributed by atoms with van der Waals surface area (Å²) in [5.41, 5.74) is 0. The van der Waals surface area contributed by atoms with Gasteiger partial charge in [0, 0.05) is 13.2 Å². The standard InChI is InChI=1S/C9H17NO4/c11-5-8(10-9(12)13)4-7-2-1-3-14-6-7/h7-8,10-11H,1-6H2,(H,12,13). The second-order valence-corrected chi connectivity index (χ2v) is 3.65. The third kappa shape index (κ3) is 3.93. The maximum atomic E-state index is 10.4. The van der Waals surface area contributed by atoms with Crippen molar-refractivity contribution < 1.29 is 19.7 Å². The summed E-state index contributed by atoms with van der Waals surface area (Å²) in [6.07, 6.45) is 1.65. The predicted molar refractivity (Wildman–Crippen MR) is 50.2 cm³/mol. The van der Waals surface area contributed by atoms with E-state index in [1.807, 2.05) is 0 Å². The number of hydrogen-bond donors (Lipinski definition) is 3. The molecule has 1 saturated heterocycles. The first-order chi connectivity index (χ1) is 6.72. The van der Waals surface area contributed by atoms with Gasteiger partial charge in [0.2, 0.25) is 0 Å². The van der Waals surface area contributed by atoms with Crippen LogP contribution in [-0.4, -0.2) is 42.2 Å². The molecule has 0 saturated carbocycles. The van der Waals surface area contributed by atoms with E-state index in [-0.39, 0.29) is 12.6 Å². The molecule has 3 N–H and O–H groups in total. The molecule has 2 atom stereocenters. The molecule has 1 fully saturated rings. The summed E-state index contributed by atoms with van der Waals surface area (Å²) in [4.78, 5) is 10.4. The number of carboxylic acid groups (broad SMARTS) is 1. The minimum Gasteiger partial charge on any atom is -0.465 e. The first kappa shape index (κ1) is 11.3. The summed E-state index contributed by atoms with van der Waals surface area (Å²) in [5.74, 6) is 0.368. The Morgan fingerprint density at radius 3 is 2.93 bits per heavy atom. The molecule has 82 valence electrons. The van der Waals surface area contributed by atoms with Crippen LogP contribution in [0.15, 0.2) is 0 Å². The molecule has 5 nitrogen and oxygen atoms in total. The second-order valence-electron chi connectivity index (χ2n) is 3.65. The van der Waals surface area contributed by atoms with Crippen LogP contribution < -0.4 is 5.32 Å². The van der Waals surface area contributed by atoms with Gasteiger partial charge in [0.25, 0.3) is 0 Å². The smallest absolute Gasteiger partial charge is 0.404 e. The summed E-state index contributed by atoms with van der Waals surface area (Å²) in [7, 11) is 0. The van der Waals surface area contributed by atoms with Crippen LogP contribution in [0.4, 0.5) is 4.79 Å². The highest BCUT2D eigenvalue weighted by molar-refractivity contribution is 5.64. The van der Waals surface area contributed by atoms with Crippen LogP contribution in [0.1, 0.15) is 19.3 Å². The fourth-order valence-electron chi connectivity index (χ4n) is 1.75. The largest absolute Gasteiger partial charge is 0.465 e. The minimum absolute atomic E-state index is 0.150. The number of hydrogen-bond acceptors (Lipinski definition) is 3. The Morgan fingerprint density at radius 1 is 1.64 bits per heavy atom. The molecule has 5 heteroatoms. The molecule has 0 aromatic carbocycles. The van der Waals surface area contributed by atoms with Gasteiger partial charge in [0.05, 0.1) is 12.6 Å². The Balaban J connectivity index is 2.27. The fourth-order valence-corrected chi connectivity index (χ4v) is 1.75. The van der Waals surface area contributed by atoms with Gasteiger partial charge in [0.15, 0.2) is 0 Å². The zero-order valence-electron chi connectivity index (χ0n) is 8.11. The topological polar surface area (TPSA) is 78.8 Å². The fraction of sp³-hybridized carbons (Fsp3) is 0.889. The van der Waals surface area contributed by atoms with Gasteiger partial charge in [-0.15, -0.1) is 0 Å². The van der Waals surface area contributed by atoms with Crippen LogP contribution in [0.3, 0.4) is 0 Å². The van der Waals surface area contributed by atoms with Crippen LogP contribution in [0.2, 0.25) is 0 Å². The van der Waals surface area contributed by atoms with E-state index in [4.69, 9.17) is 14.9 Å². The Bertz CT molecular complexity index is 180. The van der Waals surface area contributed by atoms with Gasteiger partial charge in [-0.1, -0.05) is 0 Å². The molecule has 0 aromatic rings. The molecule has 0 bridgehead atoms. The van der Waals surface area contributed by atoms with Gasteiger partial charge >= 0.3 is 6.09 Å². The van der Waals surface area contributed by atoms with Crippen molar-refractivity contribution in [1.82, 2.24) is 5.32 Å². The molecule has 1 heterocycles. The molecular formula is C9H17NO4. The number of ether oxygens (including phenoxy) is 1. The molecule has 1 aliphatic heterocycles. The number of aliphatic hydroxyl groups excluding tert-OH is 1. The molecule has 2 unspecified atom stereocenters. The average molecular weight is 203 g/mol. The lowest BCUT2D eigenvalue weighted by Gasteiger charge is -2.25. The third-order valence-corrected chi connectivity index (χ3v) is 2.42. The van der Waals surface area contributed by atoms with Crippen molar-refractivity contribution in [2.24, 2.45) is 5.92 Å². The summed E-state index contributed by atoms with van der Waals surface area (Å²) < 4.78 is 5.28. The van der Waals surface area contributed by atoms with E-state index in [0.717, 1.165) is 19.4 Å². The Kier molecular flexibility index (Phi) is 4.69. The number of nitrogens with one attached hydrogen (secondary N) is 1.